The van der Waals surface area contributed by atoms with Crippen LogP contribution in [-0.4, -0.2) is 24.5 Å². The van der Waals surface area contributed by atoms with Gasteiger partial charge in [0.1, 0.15) is 0 Å². The molecule has 21 heavy (non-hydrogen) atoms. The molecule has 0 bridgehead atoms. The van der Waals surface area contributed by atoms with Gasteiger partial charge in [-0.1, -0.05) is 20.8 Å². The van der Waals surface area contributed by atoms with Gasteiger partial charge in [-0.05, 0) is 37.5 Å². The third kappa shape index (κ3) is 2.97. The summed E-state index contributed by atoms with van der Waals surface area (Å²) in [6.07, 6.45) is 0.856. The Morgan fingerprint density at radius 3 is 2.67 bits per heavy atom. The van der Waals surface area contributed by atoms with Gasteiger partial charge in [-0.25, -0.2) is 4.68 Å². The molecule has 0 amide bonds. The highest BCUT2D eigenvalue weighted by molar-refractivity contribution is 7.71. The van der Waals surface area contributed by atoms with E-state index in [1.807, 2.05) is 24.5 Å². The van der Waals surface area contributed by atoms with Crippen molar-refractivity contribution in [3.05, 3.63) is 26.9 Å². The predicted molar refractivity (Wildman–Crippen MR) is 85.0 cm³/mol. The second-order valence-corrected chi connectivity index (χ2v) is 5.65. The zero-order valence-electron chi connectivity index (χ0n) is 12.9. The molecule has 6 nitrogen and oxygen atoms in total. The first-order valence-electron chi connectivity index (χ1n) is 7.27. The molecule has 0 unspecified atom stereocenters. The lowest BCUT2D eigenvalue weighted by Gasteiger charge is -2.12. The fourth-order valence-corrected chi connectivity index (χ4v) is 2.45. The number of aromatic amines is 1. The molecule has 7 heteroatoms. The second kappa shape index (κ2) is 6.34. The molecule has 0 aliphatic rings. The summed E-state index contributed by atoms with van der Waals surface area (Å²) in [7, 11) is 0. The van der Waals surface area contributed by atoms with E-state index in [4.69, 9.17) is 12.2 Å². The van der Waals surface area contributed by atoms with E-state index < -0.39 is 0 Å². The average Bonchev–Trinajstić information content (AvgIpc) is 2.81. The lowest BCUT2D eigenvalue weighted by atomic mass is 10.1. The zero-order chi connectivity index (χ0) is 15.6. The maximum atomic E-state index is 12.6. The fourth-order valence-electron chi connectivity index (χ4n) is 2.18. The lowest BCUT2D eigenvalue weighted by Crippen LogP contribution is -2.26. The van der Waals surface area contributed by atoms with Crippen molar-refractivity contribution in [2.24, 2.45) is 0 Å². The minimum atomic E-state index is -0.120. The Labute approximate surface area is 128 Å². The summed E-state index contributed by atoms with van der Waals surface area (Å²) in [4.78, 5) is 12.6. The molecule has 1 N–H and O–H groups in total. The van der Waals surface area contributed by atoms with Gasteiger partial charge in [0.15, 0.2) is 10.6 Å². The Morgan fingerprint density at radius 1 is 1.38 bits per heavy atom. The molecule has 0 aliphatic heterocycles. The van der Waals surface area contributed by atoms with Gasteiger partial charge >= 0.3 is 0 Å². The van der Waals surface area contributed by atoms with E-state index in [1.165, 1.54) is 4.68 Å². The largest absolute Gasteiger partial charge is 0.300 e. The molecule has 0 atom stereocenters. The highest BCUT2D eigenvalue weighted by Gasteiger charge is 2.16. The zero-order valence-corrected chi connectivity index (χ0v) is 13.7. The van der Waals surface area contributed by atoms with Crippen molar-refractivity contribution >= 4 is 12.2 Å². The molecule has 2 rings (SSSR count). The molecule has 2 aromatic rings. The third-order valence-corrected chi connectivity index (χ3v) is 3.65. The van der Waals surface area contributed by atoms with E-state index in [-0.39, 0.29) is 11.5 Å². The van der Waals surface area contributed by atoms with Crippen molar-refractivity contribution in [2.75, 3.05) is 0 Å². The number of nitrogens with zero attached hydrogens (tertiary/aromatic N) is 4. The molecule has 0 aliphatic carbocycles. The van der Waals surface area contributed by atoms with Gasteiger partial charge < -0.3 is 4.57 Å². The van der Waals surface area contributed by atoms with Crippen molar-refractivity contribution in [1.29, 1.82) is 0 Å². The summed E-state index contributed by atoms with van der Waals surface area (Å²) in [5.74, 6) is 0.825. The molecule has 114 valence electrons. The summed E-state index contributed by atoms with van der Waals surface area (Å²) in [6, 6.07) is 1.83. The van der Waals surface area contributed by atoms with Crippen molar-refractivity contribution in [1.82, 2.24) is 24.5 Å². The van der Waals surface area contributed by atoms with Crippen molar-refractivity contribution in [3.63, 3.8) is 0 Å². The number of rotatable bonds is 5. The molecule has 0 spiro atoms. The van der Waals surface area contributed by atoms with Crippen molar-refractivity contribution in [2.45, 2.75) is 53.1 Å². The van der Waals surface area contributed by atoms with Crippen LogP contribution in [0.15, 0.2) is 10.9 Å². The van der Waals surface area contributed by atoms with Gasteiger partial charge in [0.05, 0.1) is 11.3 Å². The van der Waals surface area contributed by atoms with Crippen LogP contribution in [0.3, 0.4) is 0 Å². The normalized spacial score (nSPS) is 11.3. The molecule has 0 aromatic carbocycles. The number of nitrogens with one attached hydrogen (secondary N) is 1. The molecule has 0 saturated heterocycles. The molecular formula is C14H21N5OS. The Morgan fingerprint density at radius 2 is 2.10 bits per heavy atom. The van der Waals surface area contributed by atoms with E-state index in [0.29, 0.717) is 29.2 Å². The molecule has 2 heterocycles. The molecule has 0 saturated carbocycles. The average molecular weight is 307 g/mol. The lowest BCUT2D eigenvalue weighted by molar-refractivity contribution is 0.547. The topological polar surface area (TPSA) is 68.5 Å². The minimum absolute atomic E-state index is 0.120. The van der Waals surface area contributed by atoms with Crippen LogP contribution in [0.25, 0.3) is 11.4 Å². The predicted octanol–water partition coefficient (Wildman–Crippen LogP) is 2.72. The Kier molecular flexibility index (Phi) is 4.72. The Balaban J connectivity index is 2.72. The molecular weight excluding hydrogens is 286 g/mol. The van der Waals surface area contributed by atoms with Crippen LogP contribution in [0.2, 0.25) is 0 Å². The summed E-state index contributed by atoms with van der Waals surface area (Å²) < 4.78 is 3.88. The summed E-state index contributed by atoms with van der Waals surface area (Å²) in [5, 5.41) is 11.4. The van der Waals surface area contributed by atoms with Gasteiger partial charge in [0.2, 0.25) is 0 Å². The van der Waals surface area contributed by atoms with Gasteiger partial charge in [-0.2, -0.15) is 10.2 Å². The van der Waals surface area contributed by atoms with E-state index in [1.54, 1.807) is 0 Å². The van der Waals surface area contributed by atoms with E-state index >= 15 is 0 Å². The quantitative estimate of drug-likeness (QED) is 0.862. The number of H-pyrrole nitrogens is 1. The SMILES string of the molecule is CCCn1nc(C(C)C)cc(-c2n[nH]c(=S)n2CC)c1=O. The van der Waals surface area contributed by atoms with E-state index in [0.717, 1.165) is 12.1 Å². The van der Waals surface area contributed by atoms with Crippen LogP contribution in [0.1, 0.15) is 45.7 Å². The number of aryl methyl sites for hydroxylation is 1. The van der Waals surface area contributed by atoms with Crippen molar-refractivity contribution in [3.8, 4) is 11.4 Å². The molecule has 0 fully saturated rings. The number of hydrogen-bond acceptors (Lipinski definition) is 4. The second-order valence-electron chi connectivity index (χ2n) is 5.26. The minimum Gasteiger partial charge on any atom is -0.300 e. The first-order chi connectivity index (χ1) is 9.99. The Bertz CT molecular complexity index is 741. The van der Waals surface area contributed by atoms with Crippen molar-refractivity contribution < 1.29 is 0 Å². The van der Waals surface area contributed by atoms with Crippen LogP contribution < -0.4 is 5.56 Å². The maximum absolute atomic E-state index is 12.6. The summed E-state index contributed by atoms with van der Waals surface area (Å²) >= 11 is 5.20. The first kappa shape index (κ1) is 15.6. The summed E-state index contributed by atoms with van der Waals surface area (Å²) in [6.45, 7) is 9.39. The van der Waals surface area contributed by atoms with E-state index in [9.17, 15) is 4.79 Å². The van der Waals surface area contributed by atoms with Gasteiger partial charge in [0, 0.05) is 13.1 Å². The summed E-state index contributed by atoms with van der Waals surface area (Å²) in [5.41, 5.74) is 1.32. The molecule has 2 aromatic heterocycles. The molecule has 0 radical (unpaired) electrons. The van der Waals surface area contributed by atoms with E-state index in [2.05, 4.69) is 29.1 Å². The standard InChI is InChI=1S/C14H21N5OS/c1-5-7-19-13(20)10(8-11(17-19)9(3)4)12-15-16-14(21)18(12)6-2/h8-9H,5-7H2,1-4H3,(H,16,21). The van der Waals surface area contributed by atoms with Gasteiger partial charge in [-0.15, -0.1) is 0 Å². The van der Waals surface area contributed by atoms with Crippen LogP contribution >= 0.6 is 12.2 Å². The highest BCUT2D eigenvalue weighted by atomic mass is 32.1. The number of aromatic nitrogens is 5. The van der Waals surface area contributed by atoms with Gasteiger partial charge in [-0.3, -0.25) is 9.89 Å². The van der Waals surface area contributed by atoms with Crippen LogP contribution in [0.4, 0.5) is 0 Å². The third-order valence-electron chi connectivity index (χ3n) is 3.34. The Hall–Kier alpha value is -1.76. The van der Waals surface area contributed by atoms with Crippen LogP contribution in [-0.2, 0) is 13.1 Å². The number of hydrogen-bond donors (Lipinski definition) is 1. The fraction of sp³-hybridized carbons (Fsp3) is 0.571. The van der Waals surface area contributed by atoms with Crippen LogP contribution in [0, 0.1) is 4.77 Å². The highest BCUT2D eigenvalue weighted by Crippen LogP contribution is 2.18. The first-order valence-corrected chi connectivity index (χ1v) is 7.68. The maximum Gasteiger partial charge on any atom is 0.277 e. The van der Waals surface area contributed by atoms with Gasteiger partial charge in [0.25, 0.3) is 5.56 Å². The monoisotopic (exact) mass is 307 g/mol. The van der Waals surface area contributed by atoms with Crippen LogP contribution in [0.5, 0.6) is 0 Å². The smallest absolute Gasteiger partial charge is 0.277 e.